The van der Waals surface area contributed by atoms with Gasteiger partial charge >= 0.3 is 0 Å². The molecule has 1 aromatic heterocycles. The van der Waals surface area contributed by atoms with E-state index in [-0.39, 0.29) is 0 Å². The topological polar surface area (TPSA) is 55.2 Å². The third kappa shape index (κ3) is 4.10. The molecule has 0 fully saturated rings. The number of benzene rings is 2. The van der Waals surface area contributed by atoms with Crippen LogP contribution >= 0.6 is 12.2 Å². The van der Waals surface area contributed by atoms with E-state index in [0.717, 1.165) is 16.9 Å². The van der Waals surface area contributed by atoms with Gasteiger partial charge in [-0.3, -0.25) is 0 Å². The number of para-hydroxylation sites is 1. The molecule has 0 atom stereocenters. The van der Waals surface area contributed by atoms with Gasteiger partial charge in [0.25, 0.3) is 0 Å². The number of allylic oxidation sites excluding steroid dienone is 1. The number of nitrogens with one attached hydrogen (secondary N) is 1. The smallest absolute Gasteiger partial charge is 0.216 e. The van der Waals surface area contributed by atoms with Crippen molar-refractivity contribution in [2.24, 2.45) is 5.10 Å². The van der Waals surface area contributed by atoms with Crippen molar-refractivity contribution in [3.05, 3.63) is 71.0 Å². The first-order valence-electron chi connectivity index (χ1n) is 7.95. The molecule has 0 amide bonds. The second-order valence-electron chi connectivity index (χ2n) is 5.13. The zero-order valence-corrected chi connectivity index (χ0v) is 14.6. The van der Waals surface area contributed by atoms with E-state index in [1.165, 1.54) is 0 Å². The van der Waals surface area contributed by atoms with Gasteiger partial charge in [-0.2, -0.15) is 14.9 Å². The van der Waals surface area contributed by atoms with Crippen LogP contribution in [0.1, 0.15) is 12.5 Å². The predicted octanol–water partition coefficient (Wildman–Crippen LogP) is 4.55. The minimum atomic E-state index is 0.422. The number of aromatic nitrogens is 3. The maximum Gasteiger partial charge on any atom is 0.216 e. The Morgan fingerprint density at radius 1 is 1.16 bits per heavy atom. The average Bonchev–Trinajstić information content (AvgIpc) is 3.01. The van der Waals surface area contributed by atoms with E-state index in [1.807, 2.05) is 73.7 Å². The highest BCUT2D eigenvalue weighted by Gasteiger charge is 2.12. The number of ether oxygens (including phenoxy) is 1. The molecule has 0 saturated carbocycles. The standard InChI is InChI=1S/C19H18N4OS/c1-2-24-17-13-7-6-12-16(17)18-21-22-19(25)23(18)20-14-8-11-15-9-4-3-5-10-15/h3-14H,2H2,1H3,(H,22,25)/b11-8+,20-14-. The van der Waals surface area contributed by atoms with Crippen LogP contribution in [0.3, 0.4) is 0 Å². The van der Waals surface area contributed by atoms with Crippen LogP contribution in [0.15, 0.2) is 65.8 Å². The minimum Gasteiger partial charge on any atom is -0.493 e. The lowest BCUT2D eigenvalue weighted by Crippen LogP contribution is -1.98. The van der Waals surface area contributed by atoms with Crippen molar-refractivity contribution in [1.82, 2.24) is 14.9 Å². The van der Waals surface area contributed by atoms with Gasteiger partial charge in [0.05, 0.1) is 12.2 Å². The summed E-state index contributed by atoms with van der Waals surface area (Å²) in [5.74, 6) is 1.36. The molecule has 25 heavy (non-hydrogen) atoms. The van der Waals surface area contributed by atoms with E-state index in [2.05, 4.69) is 15.3 Å². The molecule has 0 saturated heterocycles. The molecule has 1 N–H and O–H groups in total. The van der Waals surface area contributed by atoms with Gasteiger partial charge in [-0.1, -0.05) is 48.5 Å². The molecular weight excluding hydrogens is 332 g/mol. The summed E-state index contributed by atoms with van der Waals surface area (Å²) < 4.78 is 7.68. The van der Waals surface area contributed by atoms with Gasteiger partial charge in [0.15, 0.2) is 5.82 Å². The first-order valence-corrected chi connectivity index (χ1v) is 8.36. The average molecular weight is 350 g/mol. The SMILES string of the molecule is CCOc1ccccc1-c1n[nH]c(=S)n1/N=C\C=C\c1ccccc1. The van der Waals surface area contributed by atoms with Crippen LogP contribution in [0.4, 0.5) is 0 Å². The molecule has 0 aliphatic rings. The van der Waals surface area contributed by atoms with Gasteiger partial charge in [0, 0.05) is 6.21 Å². The van der Waals surface area contributed by atoms with Gasteiger partial charge in [-0.15, -0.1) is 0 Å². The van der Waals surface area contributed by atoms with Crippen LogP contribution in [0, 0.1) is 4.77 Å². The fourth-order valence-electron chi connectivity index (χ4n) is 2.33. The fraction of sp³-hybridized carbons (Fsp3) is 0.105. The van der Waals surface area contributed by atoms with E-state index in [9.17, 15) is 0 Å². The molecular formula is C19H18N4OS. The predicted molar refractivity (Wildman–Crippen MR) is 103 cm³/mol. The zero-order chi connectivity index (χ0) is 17.5. The maximum absolute atomic E-state index is 5.67. The molecule has 2 aromatic carbocycles. The number of H-pyrrole nitrogens is 1. The highest BCUT2D eigenvalue weighted by molar-refractivity contribution is 7.71. The zero-order valence-electron chi connectivity index (χ0n) is 13.8. The van der Waals surface area contributed by atoms with E-state index >= 15 is 0 Å². The molecule has 5 nitrogen and oxygen atoms in total. The van der Waals surface area contributed by atoms with Crippen molar-refractivity contribution < 1.29 is 4.74 Å². The fourth-order valence-corrected chi connectivity index (χ4v) is 2.51. The van der Waals surface area contributed by atoms with Gasteiger partial charge < -0.3 is 4.74 Å². The van der Waals surface area contributed by atoms with Crippen molar-refractivity contribution in [1.29, 1.82) is 0 Å². The van der Waals surface area contributed by atoms with Crippen LogP contribution in [0.5, 0.6) is 5.75 Å². The lowest BCUT2D eigenvalue weighted by atomic mass is 10.2. The maximum atomic E-state index is 5.67. The quantitative estimate of drug-likeness (QED) is 0.524. The Labute approximate surface area is 151 Å². The first kappa shape index (κ1) is 16.9. The molecule has 1 heterocycles. The molecule has 0 spiro atoms. The lowest BCUT2D eigenvalue weighted by molar-refractivity contribution is 0.341. The number of hydrogen-bond acceptors (Lipinski definition) is 4. The van der Waals surface area contributed by atoms with Gasteiger partial charge in [0.1, 0.15) is 5.75 Å². The number of rotatable bonds is 6. The van der Waals surface area contributed by atoms with Crippen LogP contribution < -0.4 is 4.74 Å². The molecule has 3 aromatic rings. The Bertz CT molecular complexity index is 941. The van der Waals surface area contributed by atoms with Crippen molar-refractivity contribution in [2.75, 3.05) is 6.61 Å². The molecule has 3 rings (SSSR count). The number of aromatic amines is 1. The monoisotopic (exact) mass is 350 g/mol. The van der Waals surface area contributed by atoms with Crippen LogP contribution in [-0.2, 0) is 0 Å². The van der Waals surface area contributed by atoms with Crippen molar-refractivity contribution in [3.63, 3.8) is 0 Å². The Morgan fingerprint density at radius 2 is 1.92 bits per heavy atom. The summed E-state index contributed by atoms with van der Waals surface area (Å²) in [6.07, 6.45) is 5.52. The number of nitrogens with zero attached hydrogens (tertiary/aromatic N) is 3. The van der Waals surface area contributed by atoms with Gasteiger partial charge in [-0.05, 0) is 42.9 Å². The van der Waals surface area contributed by atoms with Crippen LogP contribution in [-0.4, -0.2) is 27.7 Å². The Balaban J connectivity index is 1.89. The molecule has 0 aliphatic carbocycles. The van der Waals surface area contributed by atoms with E-state index in [4.69, 9.17) is 17.0 Å². The normalized spacial score (nSPS) is 11.4. The van der Waals surface area contributed by atoms with E-state index < -0.39 is 0 Å². The summed E-state index contributed by atoms with van der Waals surface area (Å²) in [6, 6.07) is 17.7. The summed E-state index contributed by atoms with van der Waals surface area (Å²) in [4.78, 5) is 0. The van der Waals surface area contributed by atoms with Crippen LogP contribution in [0.2, 0.25) is 0 Å². The summed E-state index contributed by atoms with van der Waals surface area (Å²) in [5, 5.41) is 11.5. The Kier molecular flexibility index (Phi) is 5.53. The Morgan fingerprint density at radius 3 is 2.72 bits per heavy atom. The third-order valence-electron chi connectivity index (χ3n) is 3.43. The van der Waals surface area contributed by atoms with Crippen LogP contribution in [0.25, 0.3) is 17.5 Å². The summed E-state index contributed by atoms with van der Waals surface area (Å²) in [6.45, 7) is 2.52. The second-order valence-corrected chi connectivity index (χ2v) is 5.51. The third-order valence-corrected chi connectivity index (χ3v) is 3.70. The van der Waals surface area contributed by atoms with Crippen molar-refractivity contribution in [3.8, 4) is 17.1 Å². The Hall–Kier alpha value is -2.99. The summed E-state index contributed by atoms with van der Waals surface area (Å²) >= 11 is 5.29. The number of hydrogen-bond donors (Lipinski definition) is 1. The van der Waals surface area contributed by atoms with Gasteiger partial charge in [-0.25, -0.2) is 5.10 Å². The molecule has 126 valence electrons. The van der Waals surface area contributed by atoms with E-state index in [0.29, 0.717) is 17.2 Å². The molecule has 0 radical (unpaired) electrons. The highest BCUT2D eigenvalue weighted by atomic mass is 32.1. The molecule has 0 bridgehead atoms. The van der Waals surface area contributed by atoms with Gasteiger partial charge in [0.2, 0.25) is 4.77 Å². The minimum absolute atomic E-state index is 0.422. The first-order chi connectivity index (χ1) is 12.3. The highest BCUT2D eigenvalue weighted by Crippen LogP contribution is 2.28. The van der Waals surface area contributed by atoms with Crippen molar-refractivity contribution >= 4 is 24.5 Å². The second kappa shape index (κ2) is 8.21. The van der Waals surface area contributed by atoms with E-state index in [1.54, 1.807) is 10.9 Å². The largest absolute Gasteiger partial charge is 0.493 e. The van der Waals surface area contributed by atoms with Crippen molar-refractivity contribution in [2.45, 2.75) is 6.92 Å². The summed E-state index contributed by atoms with van der Waals surface area (Å²) in [5.41, 5.74) is 1.94. The summed E-state index contributed by atoms with van der Waals surface area (Å²) in [7, 11) is 0. The molecule has 6 heteroatoms. The molecule has 0 unspecified atom stereocenters. The molecule has 0 aliphatic heterocycles. The lowest BCUT2D eigenvalue weighted by Gasteiger charge is -2.08.